The summed E-state index contributed by atoms with van der Waals surface area (Å²) in [6.45, 7) is 8.03. The SMILES string of the molecule is CC(=O)NC(Cc1cc(F)cc(F)c1O)C(O)CNC1(c2cccc(C(C)(C)C)c2)CCCCC1. The second-order valence-corrected chi connectivity index (χ2v) is 10.8. The van der Waals surface area contributed by atoms with Gasteiger partial charge in [-0.3, -0.25) is 4.79 Å². The number of carbonyl (C=O) groups is 1. The van der Waals surface area contributed by atoms with Crippen molar-refractivity contribution < 1.29 is 23.8 Å². The van der Waals surface area contributed by atoms with Crippen LogP contribution in [-0.4, -0.2) is 34.8 Å². The number of aliphatic hydroxyl groups is 1. The number of benzene rings is 2. The van der Waals surface area contributed by atoms with Gasteiger partial charge in [-0.1, -0.05) is 64.3 Å². The fourth-order valence-electron chi connectivity index (χ4n) is 5.00. The fourth-order valence-corrected chi connectivity index (χ4v) is 5.00. The molecule has 0 aliphatic heterocycles. The number of carbonyl (C=O) groups excluding carboxylic acids is 1. The van der Waals surface area contributed by atoms with Crippen LogP contribution in [0, 0.1) is 11.6 Å². The summed E-state index contributed by atoms with van der Waals surface area (Å²) in [5, 5.41) is 27.4. The molecule has 0 spiro atoms. The van der Waals surface area contributed by atoms with Gasteiger partial charge in [0, 0.05) is 30.6 Å². The molecule has 1 aliphatic rings. The first-order chi connectivity index (χ1) is 16.4. The summed E-state index contributed by atoms with van der Waals surface area (Å²) in [7, 11) is 0. The van der Waals surface area contributed by atoms with Crippen LogP contribution in [0.15, 0.2) is 36.4 Å². The normalized spacial score (nSPS) is 17.6. The maximum absolute atomic E-state index is 13.8. The summed E-state index contributed by atoms with van der Waals surface area (Å²) >= 11 is 0. The van der Waals surface area contributed by atoms with Crippen molar-refractivity contribution in [3.05, 3.63) is 64.7 Å². The van der Waals surface area contributed by atoms with Gasteiger partial charge in [0.05, 0.1) is 12.1 Å². The average Bonchev–Trinajstić information content (AvgIpc) is 2.80. The molecule has 5 nitrogen and oxygen atoms in total. The van der Waals surface area contributed by atoms with Crippen LogP contribution in [0.2, 0.25) is 0 Å². The zero-order valence-corrected chi connectivity index (χ0v) is 21.1. The molecular weight excluding hydrogens is 450 g/mol. The van der Waals surface area contributed by atoms with Gasteiger partial charge in [-0.2, -0.15) is 0 Å². The van der Waals surface area contributed by atoms with Crippen molar-refractivity contribution >= 4 is 5.91 Å². The van der Waals surface area contributed by atoms with Crippen LogP contribution in [-0.2, 0) is 22.2 Å². The summed E-state index contributed by atoms with van der Waals surface area (Å²) in [5.41, 5.74) is 2.10. The minimum absolute atomic E-state index is 0.00408. The number of hydrogen-bond acceptors (Lipinski definition) is 4. The molecule has 2 aromatic rings. The predicted octanol–water partition coefficient (Wildman–Crippen LogP) is 4.83. The van der Waals surface area contributed by atoms with E-state index in [9.17, 15) is 23.8 Å². The topological polar surface area (TPSA) is 81.6 Å². The molecule has 192 valence electrons. The average molecular weight is 489 g/mol. The van der Waals surface area contributed by atoms with Gasteiger partial charge in [-0.15, -0.1) is 0 Å². The largest absolute Gasteiger partial charge is 0.505 e. The second kappa shape index (κ2) is 11.0. The first kappa shape index (κ1) is 27.1. The number of phenolic OH excluding ortho intramolecular Hbond substituents is 1. The van der Waals surface area contributed by atoms with E-state index in [4.69, 9.17) is 0 Å². The molecule has 1 saturated carbocycles. The van der Waals surface area contributed by atoms with Crippen LogP contribution in [0.1, 0.15) is 76.5 Å². The zero-order valence-electron chi connectivity index (χ0n) is 21.1. The highest BCUT2D eigenvalue weighted by molar-refractivity contribution is 5.73. The van der Waals surface area contributed by atoms with E-state index in [1.54, 1.807) is 0 Å². The Labute approximate surface area is 207 Å². The van der Waals surface area contributed by atoms with Crippen LogP contribution < -0.4 is 10.6 Å². The Kier molecular flexibility index (Phi) is 8.54. The van der Waals surface area contributed by atoms with E-state index in [1.165, 1.54) is 18.1 Å². The first-order valence-corrected chi connectivity index (χ1v) is 12.4. The molecule has 1 fully saturated rings. The van der Waals surface area contributed by atoms with Gasteiger partial charge >= 0.3 is 0 Å². The lowest BCUT2D eigenvalue weighted by molar-refractivity contribution is -0.120. The number of hydrogen-bond donors (Lipinski definition) is 4. The lowest BCUT2D eigenvalue weighted by Crippen LogP contribution is -2.53. The van der Waals surface area contributed by atoms with Crippen LogP contribution >= 0.6 is 0 Å². The van der Waals surface area contributed by atoms with Crippen molar-refractivity contribution in [3.63, 3.8) is 0 Å². The predicted molar refractivity (Wildman–Crippen MR) is 133 cm³/mol. The molecule has 0 bridgehead atoms. The maximum atomic E-state index is 13.8. The first-order valence-electron chi connectivity index (χ1n) is 12.4. The van der Waals surface area contributed by atoms with Crippen molar-refractivity contribution in [1.29, 1.82) is 0 Å². The van der Waals surface area contributed by atoms with Gasteiger partial charge in [0.2, 0.25) is 5.91 Å². The molecule has 2 unspecified atom stereocenters. The molecule has 0 aromatic heterocycles. The molecule has 35 heavy (non-hydrogen) atoms. The highest BCUT2D eigenvalue weighted by atomic mass is 19.1. The van der Waals surface area contributed by atoms with E-state index in [0.29, 0.717) is 6.07 Å². The molecule has 0 saturated heterocycles. The summed E-state index contributed by atoms with van der Waals surface area (Å²) in [5.74, 6) is -2.96. The fraction of sp³-hybridized carbons (Fsp3) is 0.536. The molecular formula is C28H38F2N2O3. The summed E-state index contributed by atoms with van der Waals surface area (Å²) in [6.07, 6.45) is 3.97. The molecule has 2 aromatic carbocycles. The lowest BCUT2D eigenvalue weighted by atomic mass is 9.74. The lowest BCUT2D eigenvalue weighted by Gasteiger charge is -2.41. The van der Waals surface area contributed by atoms with Crippen LogP contribution in [0.5, 0.6) is 5.75 Å². The van der Waals surface area contributed by atoms with Crippen molar-refractivity contribution in [3.8, 4) is 5.75 Å². The quantitative estimate of drug-likeness (QED) is 0.429. The molecule has 1 aliphatic carbocycles. The van der Waals surface area contributed by atoms with Gasteiger partial charge in [0.1, 0.15) is 5.82 Å². The van der Waals surface area contributed by atoms with Crippen molar-refractivity contribution in [2.24, 2.45) is 0 Å². The summed E-state index contributed by atoms with van der Waals surface area (Å²) in [4.78, 5) is 11.8. The Balaban J connectivity index is 1.83. The Morgan fingerprint density at radius 1 is 1.11 bits per heavy atom. The molecule has 4 N–H and O–H groups in total. The number of nitrogens with one attached hydrogen (secondary N) is 2. The minimum atomic E-state index is -1.07. The second-order valence-electron chi connectivity index (χ2n) is 10.8. The van der Waals surface area contributed by atoms with Crippen LogP contribution in [0.25, 0.3) is 0 Å². The van der Waals surface area contributed by atoms with E-state index >= 15 is 0 Å². The van der Waals surface area contributed by atoms with Gasteiger partial charge in [0.25, 0.3) is 0 Å². The Morgan fingerprint density at radius 3 is 2.43 bits per heavy atom. The monoisotopic (exact) mass is 488 g/mol. The van der Waals surface area contributed by atoms with E-state index < -0.39 is 29.5 Å². The van der Waals surface area contributed by atoms with Crippen LogP contribution in [0.4, 0.5) is 8.78 Å². The Bertz CT molecular complexity index is 1030. The highest BCUT2D eigenvalue weighted by Crippen LogP contribution is 2.38. The number of amides is 1. The molecule has 3 rings (SSSR count). The molecule has 0 radical (unpaired) electrons. The highest BCUT2D eigenvalue weighted by Gasteiger charge is 2.35. The summed E-state index contributed by atoms with van der Waals surface area (Å²) in [6, 6.07) is 9.35. The number of aliphatic hydroxyl groups excluding tert-OH is 1. The van der Waals surface area contributed by atoms with Gasteiger partial charge in [-0.05, 0) is 41.9 Å². The number of rotatable bonds is 8. The molecule has 0 heterocycles. The number of halogens is 2. The van der Waals surface area contributed by atoms with Gasteiger partial charge < -0.3 is 20.8 Å². The standard InChI is InChI=1S/C28H38F2N2O3/c1-18(33)32-24(14-19-13-22(29)16-23(30)26(19)35)25(34)17-31-28(11-6-5-7-12-28)21-10-8-9-20(15-21)27(2,3)4/h8-10,13,15-16,24-25,31,34-35H,5-7,11-12,14,17H2,1-4H3,(H,32,33). The summed E-state index contributed by atoms with van der Waals surface area (Å²) < 4.78 is 27.6. The van der Waals surface area contributed by atoms with Gasteiger partial charge in [0.15, 0.2) is 11.6 Å². The third kappa shape index (κ3) is 6.79. The molecule has 1 amide bonds. The molecule has 7 heteroatoms. The Morgan fingerprint density at radius 2 is 1.80 bits per heavy atom. The van der Waals surface area contributed by atoms with E-state index in [0.717, 1.165) is 38.2 Å². The smallest absolute Gasteiger partial charge is 0.217 e. The van der Waals surface area contributed by atoms with Crippen molar-refractivity contribution in [1.82, 2.24) is 10.6 Å². The number of aromatic hydroxyl groups is 1. The van der Waals surface area contributed by atoms with E-state index in [2.05, 4.69) is 55.7 Å². The van der Waals surface area contributed by atoms with Crippen molar-refractivity contribution in [2.45, 2.75) is 89.3 Å². The minimum Gasteiger partial charge on any atom is -0.505 e. The zero-order chi connectivity index (χ0) is 25.8. The van der Waals surface area contributed by atoms with E-state index in [-0.39, 0.29) is 35.4 Å². The number of phenols is 1. The third-order valence-corrected chi connectivity index (χ3v) is 7.04. The van der Waals surface area contributed by atoms with Gasteiger partial charge in [-0.25, -0.2) is 8.78 Å². The maximum Gasteiger partial charge on any atom is 0.217 e. The molecule has 2 atom stereocenters. The van der Waals surface area contributed by atoms with Crippen molar-refractivity contribution in [2.75, 3.05) is 6.54 Å². The Hall–Kier alpha value is -2.51. The van der Waals surface area contributed by atoms with E-state index in [1.807, 2.05) is 0 Å². The van der Waals surface area contributed by atoms with Crippen LogP contribution in [0.3, 0.4) is 0 Å². The third-order valence-electron chi connectivity index (χ3n) is 7.04.